The highest BCUT2D eigenvalue weighted by atomic mass is 32.2. The molecule has 2 aliphatic rings. The summed E-state index contributed by atoms with van der Waals surface area (Å²) in [6.07, 6.45) is 4.34. The Morgan fingerprint density at radius 3 is 2.24 bits per heavy atom. The fourth-order valence-corrected chi connectivity index (χ4v) is 4.88. The summed E-state index contributed by atoms with van der Waals surface area (Å²) >= 11 is 0. The van der Waals surface area contributed by atoms with Crippen LogP contribution in [0.2, 0.25) is 0 Å². The number of nitrogens with zero attached hydrogens (tertiary/aromatic N) is 3. The van der Waals surface area contributed by atoms with Crippen LogP contribution in [0.1, 0.15) is 38.2 Å². The molecule has 2 saturated heterocycles. The largest absolute Gasteiger partial charge is 0.357 e. The molecule has 3 rings (SSSR count). The minimum absolute atomic E-state index is 0.383. The van der Waals surface area contributed by atoms with Crippen molar-refractivity contribution in [2.45, 2.75) is 44.0 Å². The maximum Gasteiger partial charge on any atom is 0.243 e. The monoisotopic (exact) mass is 364 g/mol. The van der Waals surface area contributed by atoms with Crippen molar-refractivity contribution in [1.29, 1.82) is 0 Å². The molecule has 0 aromatic heterocycles. The first kappa shape index (κ1) is 18.2. The van der Waals surface area contributed by atoms with E-state index in [1.807, 2.05) is 12.1 Å². The second kappa shape index (κ2) is 8.19. The van der Waals surface area contributed by atoms with E-state index in [4.69, 9.17) is 4.99 Å². The van der Waals surface area contributed by atoms with Gasteiger partial charge in [0.05, 0.1) is 11.4 Å². The molecule has 1 N–H and O–H groups in total. The number of likely N-dealkylation sites (tertiary alicyclic amines) is 1. The number of benzene rings is 1. The summed E-state index contributed by atoms with van der Waals surface area (Å²) in [5.41, 5.74) is 1.02. The van der Waals surface area contributed by atoms with Crippen LogP contribution in [0.25, 0.3) is 0 Å². The molecule has 2 heterocycles. The average molecular weight is 365 g/mol. The number of hydrogen-bond acceptors (Lipinski definition) is 3. The summed E-state index contributed by atoms with van der Waals surface area (Å²) in [5.74, 6) is 0.953. The molecular formula is C18H28N4O2S. The first-order valence-corrected chi connectivity index (χ1v) is 10.7. The summed E-state index contributed by atoms with van der Waals surface area (Å²) in [5, 5.41) is 3.34. The van der Waals surface area contributed by atoms with Crippen LogP contribution in [0, 0.1) is 0 Å². The van der Waals surface area contributed by atoms with Crippen LogP contribution in [-0.4, -0.2) is 56.3 Å². The predicted octanol–water partition coefficient (Wildman–Crippen LogP) is 2.03. The Morgan fingerprint density at radius 1 is 1.04 bits per heavy atom. The molecule has 0 bridgehead atoms. The van der Waals surface area contributed by atoms with Crippen molar-refractivity contribution in [3.8, 4) is 0 Å². The number of aliphatic imine (C=N–C) groups is 1. The summed E-state index contributed by atoms with van der Waals surface area (Å²) < 4.78 is 26.7. The number of rotatable bonds is 5. The van der Waals surface area contributed by atoms with E-state index in [0.29, 0.717) is 24.5 Å². The van der Waals surface area contributed by atoms with Crippen LogP contribution >= 0.6 is 0 Å². The number of guanidine groups is 1. The molecule has 2 aliphatic heterocycles. The minimum Gasteiger partial charge on any atom is -0.357 e. The van der Waals surface area contributed by atoms with Gasteiger partial charge in [0.25, 0.3) is 0 Å². The molecule has 0 unspecified atom stereocenters. The fraction of sp³-hybridized carbons (Fsp3) is 0.611. The molecule has 0 atom stereocenters. The smallest absolute Gasteiger partial charge is 0.243 e. The summed E-state index contributed by atoms with van der Waals surface area (Å²) in [7, 11) is -3.33. The molecule has 25 heavy (non-hydrogen) atoms. The lowest BCUT2D eigenvalue weighted by molar-refractivity contribution is 0.477. The molecule has 0 amide bonds. The highest BCUT2D eigenvalue weighted by molar-refractivity contribution is 7.89. The Hall–Kier alpha value is -1.60. The molecule has 1 aromatic carbocycles. The van der Waals surface area contributed by atoms with Crippen molar-refractivity contribution < 1.29 is 8.42 Å². The molecule has 1 aromatic rings. The highest BCUT2D eigenvalue weighted by Crippen LogP contribution is 2.21. The van der Waals surface area contributed by atoms with Crippen molar-refractivity contribution in [1.82, 2.24) is 14.5 Å². The maximum atomic E-state index is 12.6. The van der Waals surface area contributed by atoms with Gasteiger partial charge >= 0.3 is 0 Å². The molecule has 0 aliphatic carbocycles. The van der Waals surface area contributed by atoms with E-state index in [9.17, 15) is 8.42 Å². The molecule has 0 saturated carbocycles. The Bertz CT molecular complexity index is 688. The van der Waals surface area contributed by atoms with Crippen LogP contribution in [0.3, 0.4) is 0 Å². The summed E-state index contributed by atoms with van der Waals surface area (Å²) in [4.78, 5) is 7.38. The van der Waals surface area contributed by atoms with Crippen molar-refractivity contribution in [3.63, 3.8) is 0 Å². The van der Waals surface area contributed by atoms with E-state index in [1.165, 1.54) is 12.8 Å². The van der Waals surface area contributed by atoms with Gasteiger partial charge in [0.15, 0.2) is 5.96 Å². The van der Waals surface area contributed by atoms with Gasteiger partial charge in [-0.25, -0.2) is 13.4 Å². The van der Waals surface area contributed by atoms with Crippen LogP contribution < -0.4 is 5.32 Å². The van der Waals surface area contributed by atoms with Crippen molar-refractivity contribution in [2.75, 3.05) is 32.7 Å². The van der Waals surface area contributed by atoms with E-state index in [-0.39, 0.29) is 0 Å². The van der Waals surface area contributed by atoms with E-state index in [2.05, 4.69) is 17.1 Å². The Morgan fingerprint density at radius 2 is 1.64 bits per heavy atom. The standard InChI is InChI=1S/C18H28N4O2S/c1-2-19-18(21-11-3-4-12-21)20-15-16-7-9-17(10-8-16)25(23,24)22-13-5-6-14-22/h7-10H,2-6,11-15H2,1H3,(H,19,20). The Labute approximate surface area is 151 Å². The van der Waals surface area contributed by atoms with Crippen LogP contribution in [0.5, 0.6) is 0 Å². The molecule has 0 spiro atoms. The van der Waals surface area contributed by atoms with Gasteiger partial charge in [0, 0.05) is 32.7 Å². The van der Waals surface area contributed by atoms with Gasteiger partial charge in [-0.3, -0.25) is 0 Å². The zero-order chi connectivity index (χ0) is 17.7. The van der Waals surface area contributed by atoms with Gasteiger partial charge in [-0.1, -0.05) is 12.1 Å². The van der Waals surface area contributed by atoms with E-state index < -0.39 is 10.0 Å². The zero-order valence-electron chi connectivity index (χ0n) is 14.9. The van der Waals surface area contributed by atoms with E-state index >= 15 is 0 Å². The molecular weight excluding hydrogens is 336 g/mol. The molecule has 138 valence electrons. The normalized spacial score (nSPS) is 19.6. The predicted molar refractivity (Wildman–Crippen MR) is 100 cm³/mol. The van der Waals surface area contributed by atoms with Gasteiger partial charge < -0.3 is 10.2 Å². The van der Waals surface area contributed by atoms with Gasteiger partial charge in [-0.2, -0.15) is 4.31 Å². The Balaban J connectivity index is 1.68. The van der Waals surface area contributed by atoms with Gasteiger partial charge in [-0.05, 0) is 50.3 Å². The third-order valence-corrected chi connectivity index (χ3v) is 6.69. The van der Waals surface area contributed by atoms with Crippen molar-refractivity contribution >= 4 is 16.0 Å². The summed E-state index contributed by atoms with van der Waals surface area (Å²) in [6, 6.07) is 7.17. The SMILES string of the molecule is CCNC(=NCc1ccc(S(=O)(=O)N2CCCC2)cc1)N1CCCC1. The first-order valence-electron chi connectivity index (χ1n) is 9.23. The molecule has 6 nitrogen and oxygen atoms in total. The maximum absolute atomic E-state index is 12.6. The minimum atomic E-state index is -3.33. The lowest BCUT2D eigenvalue weighted by Crippen LogP contribution is -2.39. The second-order valence-electron chi connectivity index (χ2n) is 6.62. The van der Waals surface area contributed by atoms with Gasteiger partial charge in [-0.15, -0.1) is 0 Å². The summed E-state index contributed by atoms with van der Waals surface area (Å²) in [6.45, 7) is 6.86. The van der Waals surface area contributed by atoms with Crippen LogP contribution in [0.4, 0.5) is 0 Å². The third-order valence-electron chi connectivity index (χ3n) is 4.78. The van der Waals surface area contributed by atoms with E-state index in [0.717, 1.165) is 44.0 Å². The lowest BCUT2D eigenvalue weighted by atomic mass is 10.2. The van der Waals surface area contributed by atoms with Crippen LogP contribution in [-0.2, 0) is 16.6 Å². The first-order chi connectivity index (χ1) is 12.1. The Kier molecular flexibility index (Phi) is 5.96. The quantitative estimate of drug-likeness (QED) is 0.641. The zero-order valence-corrected chi connectivity index (χ0v) is 15.8. The lowest BCUT2D eigenvalue weighted by Gasteiger charge is -2.20. The number of hydrogen-bond donors (Lipinski definition) is 1. The average Bonchev–Trinajstić information content (AvgIpc) is 3.32. The molecule has 2 fully saturated rings. The van der Waals surface area contributed by atoms with Crippen LogP contribution in [0.15, 0.2) is 34.2 Å². The number of sulfonamides is 1. The van der Waals surface area contributed by atoms with Gasteiger partial charge in [0.2, 0.25) is 10.0 Å². The van der Waals surface area contributed by atoms with Gasteiger partial charge in [0.1, 0.15) is 0 Å². The second-order valence-corrected chi connectivity index (χ2v) is 8.56. The molecule has 7 heteroatoms. The van der Waals surface area contributed by atoms with Crippen molar-refractivity contribution in [3.05, 3.63) is 29.8 Å². The fourth-order valence-electron chi connectivity index (χ4n) is 3.37. The highest BCUT2D eigenvalue weighted by Gasteiger charge is 2.26. The van der Waals surface area contributed by atoms with E-state index in [1.54, 1.807) is 16.4 Å². The number of nitrogens with one attached hydrogen (secondary N) is 1. The topological polar surface area (TPSA) is 65.0 Å². The third kappa shape index (κ3) is 4.33. The molecule has 0 radical (unpaired) electrons. The van der Waals surface area contributed by atoms with Crippen molar-refractivity contribution in [2.24, 2.45) is 4.99 Å².